The summed E-state index contributed by atoms with van der Waals surface area (Å²) in [4.78, 5) is 8.46. The molecule has 0 aliphatic carbocycles. The fourth-order valence-corrected chi connectivity index (χ4v) is 2.35. The van der Waals surface area contributed by atoms with Crippen molar-refractivity contribution >= 4 is 5.78 Å². The zero-order valence-corrected chi connectivity index (χ0v) is 11.4. The first kappa shape index (κ1) is 14.0. The summed E-state index contributed by atoms with van der Waals surface area (Å²) < 4.78 is 1.99. The van der Waals surface area contributed by atoms with Crippen LogP contribution in [-0.4, -0.2) is 32.6 Å². The highest BCUT2D eigenvalue weighted by atomic mass is 16.3. The van der Waals surface area contributed by atoms with Crippen LogP contribution in [0, 0.1) is 5.92 Å². The topological polar surface area (TPSA) is 62.5 Å². The molecule has 5 nitrogen and oxygen atoms in total. The highest BCUT2D eigenvalue weighted by molar-refractivity contribution is 5.30. The summed E-state index contributed by atoms with van der Waals surface area (Å²) in [6.07, 6.45) is 8.77. The largest absolute Gasteiger partial charge is 0.396 e. The van der Waals surface area contributed by atoms with E-state index in [1.54, 1.807) is 6.20 Å². The molecule has 0 aliphatic heterocycles. The molecule has 2 rings (SSSR count). The number of aliphatic hydroxyl groups is 1. The molecule has 2 aromatic heterocycles. The molecular formula is C14H22N4O. The Morgan fingerprint density at radius 2 is 2.26 bits per heavy atom. The first-order valence-corrected chi connectivity index (χ1v) is 6.93. The van der Waals surface area contributed by atoms with E-state index in [2.05, 4.69) is 22.2 Å². The molecule has 2 N–H and O–H groups in total. The zero-order chi connectivity index (χ0) is 13.5. The minimum absolute atomic E-state index is 0.270. The van der Waals surface area contributed by atoms with Gasteiger partial charge in [-0.2, -0.15) is 0 Å². The van der Waals surface area contributed by atoms with Crippen molar-refractivity contribution in [2.45, 2.75) is 32.7 Å². The maximum Gasteiger partial charge on any atom is 0.233 e. The van der Waals surface area contributed by atoms with Gasteiger partial charge < -0.3 is 10.4 Å². The quantitative estimate of drug-likeness (QED) is 0.759. The number of rotatable bonds is 8. The third-order valence-electron chi connectivity index (χ3n) is 3.34. The molecule has 19 heavy (non-hydrogen) atoms. The Morgan fingerprint density at radius 3 is 3.05 bits per heavy atom. The van der Waals surface area contributed by atoms with Gasteiger partial charge in [-0.15, -0.1) is 0 Å². The summed E-state index contributed by atoms with van der Waals surface area (Å²) in [5.74, 6) is 1.28. The standard InChI is InChI=1S/C14H22N4O/c1-2-4-12(5-8-19)9-15-10-13-11-17-14-16-6-3-7-18(13)14/h3,6-7,11-12,15,19H,2,4-5,8-10H2,1H3. The molecule has 0 aliphatic rings. The molecule has 1 atom stereocenters. The molecule has 0 saturated carbocycles. The van der Waals surface area contributed by atoms with Gasteiger partial charge in [-0.3, -0.25) is 4.40 Å². The number of imidazole rings is 1. The van der Waals surface area contributed by atoms with Crippen LogP contribution in [-0.2, 0) is 6.54 Å². The average Bonchev–Trinajstić information content (AvgIpc) is 2.83. The van der Waals surface area contributed by atoms with Crippen LogP contribution in [0.1, 0.15) is 31.9 Å². The number of aliphatic hydroxyl groups excluding tert-OH is 1. The van der Waals surface area contributed by atoms with Crippen LogP contribution in [0.25, 0.3) is 5.78 Å². The smallest absolute Gasteiger partial charge is 0.233 e. The van der Waals surface area contributed by atoms with Crippen molar-refractivity contribution in [2.24, 2.45) is 5.92 Å². The predicted octanol–water partition coefficient (Wildman–Crippen LogP) is 1.62. The van der Waals surface area contributed by atoms with Gasteiger partial charge in [-0.25, -0.2) is 9.97 Å². The van der Waals surface area contributed by atoms with Crippen molar-refractivity contribution in [3.05, 3.63) is 30.4 Å². The van der Waals surface area contributed by atoms with Gasteiger partial charge in [0.15, 0.2) is 0 Å². The molecule has 0 spiro atoms. The maximum atomic E-state index is 9.04. The Labute approximate surface area is 113 Å². The van der Waals surface area contributed by atoms with Gasteiger partial charge >= 0.3 is 0 Å². The maximum absolute atomic E-state index is 9.04. The number of nitrogens with zero attached hydrogens (tertiary/aromatic N) is 3. The summed E-state index contributed by atoms with van der Waals surface area (Å²) in [7, 11) is 0. The van der Waals surface area contributed by atoms with E-state index in [1.165, 1.54) is 0 Å². The van der Waals surface area contributed by atoms with E-state index in [0.717, 1.165) is 43.8 Å². The number of hydrogen-bond donors (Lipinski definition) is 2. The summed E-state index contributed by atoms with van der Waals surface area (Å²) in [6, 6.07) is 1.91. The van der Waals surface area contributed by atoms with E-state index in [1.807, 2.05) is 22.9 Å². The molecule has 0 fully saturated rings. The van der Waals surface area contributed by atoms with Crippen LogP contribution in [0.5, 0.6) is 0 Å². The van der Waals surface area contributed by atoms with Crippen LogP contribution in [0.15, 0.2) is 24.7 Å². The van der Waals surface area contributed by atoms with Crippen LogP contribution in [0.2, 0.25) is 0 Å². The van der Waals surface area contributed by atoms with Gasteiger partial charge in [0.05, 0.1) is 11.9 Å². The lowest BCUT2D eigenvalue weighted by atomic mass is 10.0. The van der Waals surface area contributed by atoms with Crippen LogP contribution < -0.4 is 5.32 Å². The van der Waals surface area contributed by atoms with Gasteiger partial charge in [0.2, 0.25) is 5.78 Å². The highest BCUT2D eigenvalue weighted by Gasteiger charge is 2.08. The lowest BCUT2D eigenvalue weighted by molar-refractivity contribution is 0.248. The summed E-state index contributed by atoms with van der Waals surface area (Å²) in [5, 5.41) is 12.5. The van der Waals surface area contributed by atoms with E-state index in [4.69, 9.17) is 5.11 Å². The number of hydrogen-bond acceptors (Lipinski definition) is 4. The van der Waals surface area contributed by atoms with Gasteiger partial charge in [0, 0.05) is 25.5 Å². The second-order valence-electron chi connectivity index (χ2n) is 4.84. The van der Waals surface area contributed by atoms with Gasteiger partial charge in [0.1, 0.15) is 0 Å². The second-order valence-corrected chi connectivity index (χ2v) is 4.84. The average molecular weight is 262 g/mol. The molecule has 0 bridgehead atoms. The molecule has 2 heterocycles. The minimum atomic E-state index is 0.270. The summed E-state index contributed by atoms with van der Waals surface area (Å²) >= 11 is 0. The van der Waals surface area contributed by atoms with Crippen LogP contribution in [0.4, 0.5) is 0 Å². The predicted molar refractivity (Wildman–Crippen MR) is 74.8 cm³/mol. The lowest BCUT2D eigenvalue weighted by Crippen LogP contribution is -2.23. The van der Waals surface area contributed by atoms with Crippen LogP contribution in [0.3, 0.4) is 0 Å². The van der Waals surface area contributed by atoms with Crippen molar-refractivity contribution in [1.29, 1.82) is 0 Å². The number of aromatic nitrogens is 3. The van der Waals surface area contributed by atoms with Gasteiger partial charge in [-0.05, 0) is 31.4 Å². The van der Waals surface area contributed by atoms with Crippen molar-refractivity contribution < 1.29 is 5.11 Å². The number of fused-ring (bicyclic) bond motifs is 1. The lowest BCUT2D eigenvalue weighted by Gasteiger charge is -2.15. The number of nitrogens with one attached hydrogen (secondary N) is 1. The van der Waals surface area contributed by atoms with Crippen molar-refractivity contribution in [2.75, 3.05) is 13.2 Å². The molecule has 2 aromatic rings. The van der Waals surface area contributed by atoms with Gasteiger partial charge in [0.25, 0.3) is 0 Å². The first-order valence-electron chi connectivity index (χ1n) is 6.93. The molecule has 5 heteroatoms. The van der Waals surface area contributed by atoms with E-state index >= 15 is 0 Å². The highest BCUT2D eigenvalue weighted by Crippen LogP contribution is 2.10. The molecule has 0 saturated heterocycles. The summed E-state index contributed by atoms with van der Waals surface area (Å²) in [5.41, 5.74) is 1.11. The Balaban J connectivity index is 1.88. The Hall–Kier alpha value is -1.46. The van der Waals surface area contributed by atoms with E-state index in [-0.39, 0.29) is 6.61 Å². The molecule has 1 unspecified atom stereocenters. The normalized spacial score (nSPS) is 12.9. The summed E-state index contributed by atoms with van der Waals surface area (Å²) in [6.45, 7) is 4.16. The van der Waals surface area contributed by atoms with Crippen LogP contribution >= 0.6 is 0 Å². The third-order valence-corrected chi connectivity index (χ3v) is 3.34. The third kappa shape index (κ3) is 3.75. The molecule has 0 amide bonds. The zero-order valence-electron chi connectivity index (χ0n) is 11.4. The van der Waals surface area contributed by atoms with Crippen molar-refractivity contribution in [1.82, 2.24) is 19.7 Å². The first-order chi connectivity index (χ1) is 9.35. The second kappa shape index (κ2) is 7.21. The molecular weight excluding hydrogens is 240 g/mol. The van der Waals surface area contributed by atoms with Crippen molar-refractivity contribution in [3.63, 3.8) is 0 Å². The SMILES string of the molecule is CCCC(CCO)CNCc1cnc2ncccn12. The molecule has 0 radical (unpaired) electrons. The monoisotopic (exact) mass is 262 g/mol. The van der Waals surface area contributed by atoms with E-state index < -0.39 is 0 Å². The fraction of sp³-hybridized carbons (Fsp3) is 0.571. The van der Waals surface area contributed by atoms with E-state index in [0.29, 0.717) is 5.92 Å². The fourth-order valence-electron chi connectivity index (χ4n) is 2.35. The van der Waals surface area contributed by atoms with E-state index in [9.17, 15) is 0 Å². The molecule has 104 valence electrons. The minimum Gasteiger partial charge on any atom is -0.396 e. The Kier molecular flexibility index (Phi) is 5.30. The van der Waals surface area contributed by atoms with Crippen molar-refractivity contribution in [3.8, 4) is 0 Å². The van der Waals surface area contributed by atoms with Gasteiger partial charge in [-0.1, -0.05) is 13.3 Å². The Morgan fingerprint density at radius 1 is 1.37 bits per heavy atom. The molecule has 0 aromatic carbocycles. The Bertz CT molecular complexity index is 491.